The highest BCUT2D eigenvalue weighted by Gasteiger charge is 2.13. The van der Waals surface area contributed by atoms with Crippen molar-refractivity contribution in [2.24, 2.45) is 0 Å². The number of hydrogen-bond donors (Lipinski definition) is 1. The van der Waals surface area contributed by atoms with E-state index in [4.69, 9.17) is 0 Å². The largest absolute Gasteiger partial charge is 0.464 e. The summed E-state index contributed by atoms with van der Waals surface area (Å²) in [6.45, 7) is 3.23. The van der Waals surface area contributed by atoms with E-state index < -0.39 is 5.97 Å². The molecule has 1 N–H and O–H groups in total. The lowest BCUT2D eigenvalue weighted by Crippen LogP contribution is -2.29. The second-order valence-corrected chi connectivity index (χ2v) is 7.57. The average Bonchev–Trinajstić information content (AvgIpc) is 3.30. The summed E-state index contributed by atoms with van der Waals surface area (Å²) in [6.07, 6.45) is 5.35. The van der Waals surface area contributed by atoms with Crippen molar-refractivity contribution < 1.29 is 14.3 Å². The SMILES string of the molecule is COC(=O)c1cn(-c2ccc(NC(=O)c3ccc(CN4CCCCC4)cc3)cc2)nn1. The molecular formula is C23H25N5O3. The molecule has 0 atom stereocenters. The Bertz CT molecular complexity index is 1040. The Kier molecular flexibility index (Phi) is 6.37. The van der Waals surface area contributed by atoms with Gasteiger partial charge in [0.15, 0.2) is 5.69 Å². The van der Waals surface area contributed by atoms with Gasteiger partial charge >= 0.3 is 5.97 Å². The van der Waals surface area contributed by atoms with E-state index >= 15 is 0 Å². The van der Waals surface area contributed by atoms with Gasteiger partial charge in [-0.1, -0.05) is 23.8 Å². The number of carbonyl (C=O) groups is 2. The van der Waals surface area contributed by atoms with Gasteiger partial charge in [-0.05, 0) is 67.9 Å². The van der Waals surface area contributed by atoms with Crippen LogP contribution in [-0.4, -0.2) is 52.0 Å². The predicted molar refractivity (Wildman–Crippen MR) is 116 cm³/mol. The molecule has 3 aromatic rings. The van der Waals surface area contributed by atoms with Crippen molar-refractivity contribution in [3.8, 4) is 5.69 Å². The smallest absolute Gasteiger partial charge is 0.360 e. The summed E-state index contributed by atoms with van der Waals surface area (Å²) in [4.78, 5) is 26.5. The lowest BCUT2D eigenvalue weighted by atomic mass is 10.1. The summed E-state index contributed by atoms with van der Waals surface area (Å²) < 4.78 is 6.10. The van der Waals surface area contributed by atoms with Crippen molar-refractivity contribution in [1.29, 1.82) is 0 Å². The minimum absolute atomic E-state index is 0.128. The molecule has 0 aliphatic carbocycles. The van der Waals surface area contributed by atoms with Gasteiger partial charge in [0.05, 0.1) is 19.0 Å². The Hall–Kier alpha value is -3.52. The van der Waals surface area contributed by atoms with Gasteiger partial charge in [-0.3, -0.25) is 9.69 Å². The molecule has 160 valence electrons. The molecule has 1 aliphatic heterocycles. The lowest BCUT2D eigenvalue weighted by Gasteiger charge is -2.26. The number of hydrogen-bond acceptors (Lipinski definition) is 6. The summed E-state index contributed by atoms with van der Waals surface area (Å²) >= 11 is 0. The van der Waals surface area contributed by atoms with E-state index in [-0.39, 0.29) is 11.6 Å². The molecule has 2 aromatic carbocycles. The molecule has 1 amide bonds. The molecule has 0 saturated carbocycles. The van der Waals surface area contributed by atoms with Crippen LogP contribution in [0, 0.1) is 0 Å². The molecular weight excluding hydrogens is 394 g/mol. The molecule has 4 rings (SSSR count). The molecule has 1 aromatic heterocycles. The van der Waals surface area contributed by atoms with Crippen LogP contribution in [0.3, 0.4) is 0 Å². The Morgan fingerprint density at radius 1 is 1.00 bits per heavy atom. The molecule has 8 nitrogen and oxygen atoms in total. The standard InChI is InChI=1S/C23H25N5O3/c1-31-23(30)21-16-28(26-25-21)20-11-9-19(10-12-20)24-22(29)18-7-5-17(6-8-18)15-27-13-3-2-4-14-27/h5-12,16H,2-4,13-15H2,1H3,(H,24,29). The van der Waals surface area contributed by atoms with Gasteiger partial charge in [0.2, 0.25) is 0 Å². The first-order valence-corrected chi connectivity index (χ1v) is 10.4. The maximum Gasteiger partial charge on any atom is 0.360 e. The first-order valence-electron chi connectivity index (χ1n) is 10.4. The van der Waals surface area contributed by atoms with E-state index in [1.54, 1.807) is 24.3 Å². The normalized spacial score (nSPS) is 14.2. The number of nitrogens with one attached hydrogen (secondary N) is 1. The van der Waals surface area contributed by atoms with E-state index in [1.165, 1.54) is 42.8 Å². The van der Waals surface area contributed by atoms with E-state index in [1.807, 2.05) is 24.3 Å². The van der Waals surface area contributed by atoms with Gasteiger partial charge < -0.3 is 10.1 Å². The Morgan fingerprint density at radius 3 is 2.39 bits per heavy atom. The maximum atomic E-state index is 12.6. The highest BCUT2D eigenvalue weighted by atomic mass is 16.5. The Balaban J connectivity index is 1.36. The topological polar surface area (TPSA) is 89.4 Å². The molecule has 2 heterocycles. The summed E-state index contributed by atoms with van der Waals surface area (Å²) in [5, 5.41) is 10.6. The second kappa shape index (κ2) is 9.53. The fourth-order valence-corrected chi connectivity index (χ4v) is 3.63. The quantitative estimate of drug-likeness (QED) is 0.617. The van der Waals surface area contributed by atoms with Crippen molar-refractivity contribution >= 4 is 17.6 Å². The summed E-state index contributed by atoms with van der Waals surface area (Å²) in [5.74, 6) is -0.705. The van der Waals surface area contributed by atoms with Crippen LogP contribution in [-0.2, 0) is 11.3 Å². The molecule has 1 aliphatic rings. The van der Waals surface area contributed by atoms with E-state index in [2.05, 4.69) is 25.3 Å². The maximum absolute atomic E-state index is 12.6. The zero-order valence-electron chi connectivity index (χ0n) is 17.5. The van der Waals surface area contributed by atoms with E-state index in [0.29, 0.717) is 16.9 Å². The fourth-order valence-electron chi connectivity index (χ4n) is 3.63. The molecule has 0 radical (unpaired) electrons. The van der Waals surface area contributed by atoms with Crippen molar-refractivity contribution in [3.05, 3.63) is 71.5 Å². The van der Waals surface area contributed by atoms with Gasteiger partial charge in [-0.2, -0.15) is 0 Å². The molecule has 8 heteroatoms. The number of benzene rings is 2. The molecule has 1 saturated heterocycles. The number of likely N-dealkylation sites (tertiary alicyclic amines) is 1. The number of carbonyl (C=O) groups excluding carboxylic acids is 2. The number of rotatable bonds is 6. The third kappa shape index (κ3) is 5.16. The highest BCUT2D eigenvalue weighted by Crippen LogP contribution is 2.16. The Morgan fingerprint density at radius 2 is 1.71 bits per heavy atom. The van der Waals surface area contributed by atoms with Crippen molar-refractivity contribution in [2.75, 3.05) is 25.5 Å². The van der Waals surface area contributed by atoms with E-state index in [0.717, 1.165) is 19.6 Å². The Labute approximate surface area is 180 Å². The van der Waals surface area contributed by atoms with Crippen molar-refractivity contribution in [2.45, 2.75) is 25.8 Å². The molecule has 31 heavy (non-hydrogen) atoms. The minimum Gasteiger partial charge on any atom is -0.464 e. The van der Waals surface area contributed by atoms with Crippen LogP contribution in [0.5, 0.6) is 0 Å². The molecule has 1 fully saturated rings. The van der Waals surface area contributed by atoms with Gasteiger partial charge in [0.25, 0.3) is 5.91 Å². The minimum atomic E-state index is -0.544. The summed E-state index contributed by atoms with van der Waals surface area (Å²) in [6, 6.07) is 14.9. The van der Waals surface area contributed by atoms with Gasteiger partial charge in [-0.25, -0.2) is 9.48 Å². The van der Waals surface area contributed by atoms with Crippen LogP contribution in [0.4, 0.5) is 5.69 Å². The van der Waals surface area contributed by atoms with Crippen LogP contribution in [0.15, 0.2) is 54.7 Å². The zero-order chi connectivity index (χ0) is 21.6. The first-order chi connectivity index (χ1) is 15.1. The number of amides is 1. The van der Waals surface area contributed by atoms with Gasteiger partial charge in [0, 0.05) is 17.8 Å². The number of methoxy groups -OCH3 is 1. The zero-order valence-corrected chi connectivity index (χ0v) is 17.5. The number of nitrogens with zero attached hydrogens (tertiary/aromatic N) is 4. The van der Waals surface area contributed by atoms with Crippen LogP contribution in [0.2, 0.25) is 0 Å². The third-order valence-corrected chi connectivity index (χ3v) is 5.35. The highest BCUT2D eigenvalue weighted by molar-refractivity contribution is 6.04. The van der Waals surface area contributed by atoms with Crippen molar-refractivity contribution in [1.82, 2.24) is 19.9 Å². The van der Waals surface area contributed by atoms with E-state index in [9.17, 15) is 9.59 Å². The average molecular weight is 419 g/mol. The predicted octanol–water partition coefficient (Wildman–Crippen LogP) is 3.29. The number of aromatic nitrogens is 3. The summed E-state index contributed by atoms with van der Waals surface area (Å²) in [5.41, 5.74) is 3.35. The number of piperidine rings is 1. The molecule has 0 bridgehead atoms. The fraction of sp³-hybridized carbons (Fsp3) is 0.304. The van der Waals surface area contributed by atoms with Crippen LogP contribution in [0.1, 0.15) is 45.7 Å². The van der Waals surface area contributed by atoms with Crippen LogP contribution < -0.4 is 5.32 Å². The summed E-state index contributed by atoms with van der Waals surface area (Å²) in [7, 11) is 1.29. The molecule has 0 spiro atoms. The van der Waals surface area contributed by atoms with Crippen LogP contribution in [0.25, 0.3) is 5.69 Å². The number of anilines is 1. The molecule has 0 unspecified atom stereocenters. The lowest BCUT2D eigenvalue weighted by molar-refractivity contribution is 0.0593. The first kappa shape index (κ1) is 20.7. The monoisotopic (exact) mass is 419 g/mol. The third-order valence-electron chi connectivity index (χ3n) is 5.35. The van der Waals surface area contributed by atoms with Crippen molar-refractivity contribution in [3.63, 3.8) is 0 Å². The van der Waals surface area contributed by atoms with Crippen LogP contribution >= 0.6 is 0 Å². The number of esters is 1. The van der Waals surface area contributed by atoms with Gasteiger partial charge in [-0.15, -0.1) is 5.10 Å². The number of ether oxygens (including phenoxy) is 1. The second-order valence-electron chi connectivity index (χ2n) is 7.57. The van der Waals surface area contributed by atoms with Gasteiger partial charge in [0.1, 0.15) is 0 Å².